The Labute approximate surface area is 114 Å². The number of alkyl halides is 1. The summed E-state index contributed by atoms with van der Waals surface area (Å²) < 4.78 is 0. The molecule has 2 nitrogen and oxygen atoms in total. The molecular formula is C14H26BrNO. The van der Waals surface area contributed by atoms with Gasteiger partial charge in [0.25, 0.3) is 0 Å². The molecule has 0 aromatic carbocycles. The Kier molecular flexibility index (Phi) is 6.53. The molecule has 0 aromatic rings. The maximum Gasteiger partial charge on any atom is 0.226 e. The zero-order chi connectivity index (χ0) is 12.7. The second kappa shape index (κ2) is 7.40. The first-order chi connectivity index (χ1) is 8.14. The van der Waals surface area contributed by atoms with Gasteiger partial charge in [-0.1, -0.05) is 42.6 Å². The fraction of sp³-hybridized carbons (Fsp3) is 0.929. The zero-order valence-electron chi connectivity index (χ0n) is 11.2. The largest absolute Gasteiger partial charge is 0.356 e. The molecule has 0 aromatic heterocycles. The molecule has 1 aliphatic rings. The van der Waals surface area contributed by atoms with Gasteiger partial charge in [-0.05, 0) is 38.0 Å². The average molecular weight is 304 g/mol. The van der Waals surface area contributed by atoms with Gasteiger partial charge < -0.3 is 5.32 Å². The topological polar surface area (TPSA) is 29.1 Å². The molecule has 1 N–H and O–H groups in total. The van der Waals surface area contributed by atoms with Crippen molar-refractivity contribution in [3.05, 3.63) is 0 Å². The number of rotatable bonds is 7. The molecule has 0 spiro atoms. The summed E-state index contributed by atoms with van der Waals surface area (Å²) in [5, 5.41) is 4.20. The molecular weight excluding hydrogens is 278 g/mol. The van der Waals surface area contributed by atoms with E-state index >= 15 is 0 Å². The summed E-state index contributed by atoms with van der Waals surface area (Å²) >= 11 is 3.48. The van der Waals surface area contributed by atoms with Gasteiger partial charge in [0.1, 0.15) is 0 Å². The zero-order valence-corrected chi connectivity index (χ0v) is 12.8. The van der Waals surface area contributed by atoms with Gasteiger partial charge >= 0.3 is 0 Å². The van der Waals surface area contributed by atoms with Crippen LogP contribution in [0.1, 0.15) is 58.8 Å². The third-order valence-electron chi connectivity index (χ3n) is 4.14. The van der Waals surface area contributed by atoms with Gasteiger partial charge in [0.2, 0.25) is 5.91 Å². The van der Waals surface area contributed by atoms with Crippen LogP contribution in [0.3, 0.4) is 0 Å². The number of nitrogens with one attached hydrogen (secondary N) is 1. The van der Waals surface area contributed by atoms with Crippen molar-refractivity contribution in [2.75, 3.05) is 11.9 Å². The van der Waals surface area contributed by atoms with Crippen molar-refractivity contribution in [2.24, 2.45) is 11.3 Å². The van der Waals surface area contributed by atoms with Gasteiger partial charge in [0.05, 0.1) is 0 Å². The van der Waals surface area contributed by atoms with Gasteiger partial charge in [-0.25, -0.2) is 0 Å². The van der Waals surface area contributed by atoms with Gasteiger partial charge in [-0.3, -0.25) is 4.79 Å². The van der Waals surface area contributed by atoms with E-state index in [-0.39, 0.29) is 5.41 Å². The monoisotopic (exact) mass is 303 g/mol. The van der Waals surface area contributed by atoms with Crippen LogP contribution >= 0.6 is 15.9 Å². The Morgan fingerprint density at radius 3 is 2.59 bits per heavy atom. The van der Waals surface area contributed by atoms with Gasteiger partial charge in [0.15, 0.2) is 0 Å². The van der Waals surface area contributed by atoms with Crippen LogP contribution in [0, 0.1) is 11.3 Å². The Bertz CT molecular complexity index is 236. The number of carbonyl (C=O) groups excluding carboxylic acids is 1. The standard InChI is InChI=1S/C14H26BrNO/c1-3-14(8-4-5-9-14)13(17)16-10-6-7-12(2)11-15/h12H,3-11H2,1-2H3,(H,16,17). The van der Waals surface area contributed by atoms with E-state index in [0.717, 1.165) is 37.6 Å². The van der Waals surface area contributed by atoms with Gasteiger partial charge in [-0.2, -0.15) is 0 Å². The van der Waals surface area contributed by atoms with E-state index in [9.17, 15) is 4.79 Å². The minimum atomic E-state index is -0.0267. The molecule has 1 fully saturated rings. The van der Waals surface area contributed by atoms with Crippen LogP contribution in [0.5, 0.6) is 0 Å². The van der Waals surface area contributed by atoms with Crippen LogP contribution < -0.4 is 5.32 Å². The summed E-state index contributed by atoms with van der Waals surface area (Å²) in [5.41, 5.74) is -0.0267. The number of hydrogen-bond acceptors (Lipinski definition) is 1. The van der Waals surface area contributed by atoms with Crippen molar-refractivity contribution >= 4 is 21.8 Å². The second-order valence-electron chi connectivity index (χ2n) is 5.50. The van der Waals surface area contributed by atoms with Crippen molar-refractivity contribution in [1.29, 1.82) is 0 Å². The molecule has 17 heavy (non-hydrogen) atoms. The number of hydrogen-bond donors (Lipinski definition) is 1. The van der Waals surface area contributed by atoms with Crippen LogP contribution in [-0.4, -0.2) is 17.8 Å². The van der Waals surface area contributed by atoms with Crippen LogP contribution in [0.4, 0.5) is 0 Å². The highest BCUT2D eigenvalue weighted by molar-refractivity contribution is 9.09. The predicted octanol–water partition coefficient (Wildman–Crippen LogP) is 3.88. The van der Waals surface area contributed by atoms with Crippen LogP contribution in [0.2, 0.25) is 0 Å². The minimum Gasteiger partial charge on any atom is -0.356 e. The number of amides is 1. The Morgan fingerprint density at radius 1 is 1.41 bits per heavy atom. The minimum absolute atomic E-state index is 0.0267. The van der Waals surface area contributed by atoms with Crippen molar-refractivity contribution in [2.45, 2.75) is 58.8 Å². The third kappa shape index (κ3) is 4.27. The lowest BCUT2D eigenvalue weighted by Gasteiger charge is -2.26. The fourth-order valence-electron chi connectivity index (χ4n) is 2.71. The van der Waals surface area contributed by atoms with Crippen molar-refractivity contribution in [1.82, 2.24) is 5.32 Å². The predicted molar refractivity (Wildman–Crippen MR) is 76.4 cm³/mol. The molecule has 0 radical (unpaired) electrons. The average Bonchev–Trinajstić information content (AvgIpc) is 2.83. The Morgan fingerprint density at radius 2 is 2.06 bits per heavy atom. The van der Waals surface area contributed by atoms with Gasteiger partial charge in [0, 0.05) is 17.3 Å². The van der Waals surface area contributed by atoms with E-state index in [1.165, 1.54) is 19.3 Å². The molecule has 1 rings (SSSR count). The van der Waals surface area contributed by atoms with E-state index in [4.69, 9.17) is 0 Å². The number of halogens is 1. The number of carbonyl (C=O) groups is 1. The maximum atomic E-state index is 12.2. The first-order valence-electron chi connectivity index (χ1n) is 6.99. The van der Waals surface area contributed by atoms with Crippen molar-refractivity contribution in [3.8, 4) is 0 Å². The van der Waals surface area contributed by atoms with Gasteiger partial charge in [-0.15, -0.1) is 0 Å². The molecule has 0 aliphatic heterocycles. The highest BCUT2D eigenvalue weighted by Crippen LogP contribution is 2.41. The summed E-state index contributed by atoms with van der Waals surface area (Å²) in [7, 11) is 0. The molecule has 1 atom stereocenters. The summed E-state index contributed by atoms with van der Waals surface area (Å²) in [5.74, 6) is 1.02. The molecule has 1 aliphatic carbocycles. The lowest BCUT2D eigenvalue weighted by Crippen LogP contribution is -2.39. The summed E-state index contributed by atoms with van der Waals surface area (Å²) in [6.45, 7) is 5.23. The molecule has 3 heteroatoms. The molecule has 1 amide bonds. The molecule has 0 bridgehead atoms. The van der Waals surface area contributed by atoms with Crippen LogP contribution in [-0.2, 0) is 4.79 Å². The van der Waals surface area contributed by atoms with Crippen LogP contribution in [0.25, 0.3) is 0 Å². The quantitative estimate of drug-likeness (QED) is 0.561. The summed E-state index contributed by atoms with van der Waals surface area (Å²) in [4.78, 5) is 12.2. The second-order valence-corrected chi connectivity index (χ2v) is 6.15. The molecule has 0 saturated heterocycles. The van der Waals surface area contributed by atoms with Crippen molar-refractivity contribution < 1.29 is 4.79 Å². The molecule has 100 valence electrons. The molecule has 1 saturated carbocycles. The van der Waals surface area contributed by atoms with E-state index < -0.39 is 0 Å². The van der Waals surface area contributed by atoms with E-state index in [2.05, 4.69) is 35.1 Å². The molecule has 0 heterocycles. The lowest BCUT2D eigenvalue weighted by atomic mass is 9.82. The molecule has 1 unspecified atom stereocenters. The normalized spacial score (nSPS) is 20.2. The SMILES string of the molecule is CCC1(C(=O)NCCCC(C)CBr)CCCC1. The van der Waals surface area contributed by atoms with E-state index in [1.807, 2.05) is 0 Å². The fourth-order valence-corrected chi connectivity index (χ4v) is 3.03. The maximum absolute atomic E-state index is 12.2. The highest BCUT2D eigenvalue weighted by Gasteiger charge is 2.38. The van der Waals surface area contributed by atoms with E-state index in [0.29, 0.717) is 11.8 Å². The first-order valence-corrected chi connectivity index (χ1v) is 8.11. The van der Waals surface area contributed by atoms with Crippen molar-refractivity contribution in [3.63, 3.8) is 0 Å². The summed E-state index contributed by atoms with van der Waals surface area (Å²) in [6, 6.07) is 0. The third-order valence-corrected chi connectivity index (χ3v) is 5.25. The summed E-state index contributed by atoms with van der Waals surface area (Å²) in [6.07, 6.45) is 7.91. The smallest absolute Gasteiger partial charge is 0.226 e. The highest BCUT2D eigenvalue weighted by atomic mass is 79.9. The first kappa shape index (κ1) is 15.0. The lowest BCUT2D eigenvalue weighted by molar-refractivity contribution is -0.131. The van der Waals surface area contributed by atoms with Crippen LogP contribution in [0.15, 0.2) is 0 Å². The Hall–Kier alpha value is -0.0500. The van der Waals surface area contributed by atoms with E-state index in [1.54, 1.807) is 0 Å². The Balaban J connectivity index is 2.24.